The van der Waals surface area contributed by atoms with Gasteiger partial charge in [0.05, 0.1) is 5.41 Å². The van der Waals surface area contributed by atoms with E-state index < -0.39 is 23.0 Å². The van der Waals surface area contributed by atoms with Gasteiger partial charge < -0.3 is 15.0 Å². The van der Waals surface area contributed by atoms with Crippen LogP contribution in [0.2, 0.25) is 5.02 Å². The minimum absolute atomic E-state index is 0.0792. The lowest BCUT2D eigenvalue weighted by atomic mass is 9.90. The number of amides is 1. The van der Waals surface area contributed by atoms with E-state index in [1.165, 1.54) is 12.3 Å². The maximum absolute atomic E-state index is 13.2. The summed E-state index contributed by atoms with van der Waals surface area (Å²) < 4.78 is 44.8. The van der Waals surface area contributed by atoms with Gasteiger partial charge in [-0.2, -0.15) is 13.2 Å². The van der Waals surface area contributed by atoms with Gasteiger partial charge in [0.2, 0.25) is 11.8 Å². The van der Waals surface area contributed by atoms with Crippen LogP contribution in [0.4, 0.5) is 13.2 Å². The molecule has 0 aliphatic carbocycles. The highest BCUT2D eigenvalue weighted by Gasteiger charge is 2.39. The number of alkyl halides is 3. The smallest absolute Gasteiger partial charge is 0.421 e. The molecule has 0 spiro atoms. The van der Waals surface area contributed by atoms with Gasteiger partial charge in [-0.05, 0) is 50.7 Å². The summed E-state index contributed by atoms with van der Waals surface area (Å²) in [5.41, 5.74) is -0.964. The number of benzene rings is 1. The monoisotopic (exact) mass is 455 g/mol. The first kappa shape index (κ1) is 23.3. The number of likely N-dealkylation sites (N-methyl/N-ethyl adjacent to an activating group) is 1. The first-order valence-corrected chi connectivity index (χ1v) is 10.2. The molecule has 1 fully saturated rings. The predicted octanol–water partition coefficient (Wildman–Crippen LogP) is 4.37. The second-order valence-corrected chi connectivity index (χ2v) is 8.92. The summed E-state index contributed by atoms with van der Waals surface area (Å²) in [7, 11) is 1.98. The second-order valence-electron chi connectivity index (χ2n) is 8.49. The van der Waals surface area contributed by atoms with E-state index in [9.17, 15) is 18.0 Å². The van der Waals surface area contributed by atoms with Crippen LogP contribution in [0.15, 0.2) is 42.6 Å². The van der Waals surface area contributed by atoms with E-state index in [0.29, 0.717) is 11.6 Å². The van der Waals surface area contributed by atoms with E-state index >= 15 is 0 Å². The minimum Gasteiger partial charge on any atom is -0.476 e. The first-order valence-electron chi connectivity index (χ1n) is 9.87. The highest BCUT2D eigenvalue weighted by molar-refractivity contribution is 6.30. The van der Waals surface area contributed by atoms with Crippen molar-refractivity contribution >= 4 is 17.5 Å². The normalized spacial score (nSPS) is 20.0. The van der Waals surface area contributed by atoms with Crippen molar-refractivity contribution in [2.45, 2.75) is 32.0 Å². The molecule has 2 aromatic rings. The number of rotatable bonds is 6. The third-order valence-corrected chi connectivity index (χ3v) is 5.63. The van der Waals surface area contributed by atoms with E-state index in [1.807, 2.05) is 31.3 Å². The third-order valence-electron chi connectivity index (χ3n) is 5.38. The summed E-state index contributed by atoms with van der Waals surface area (Å²) in [6.07, 6.45) is -3.36. The summed E-state index contributed by atoms with van der Waals surface area (Å²) in [5.74, 6) is -0.748. The molecule has 1 amide bonds. The van der Waals surface area contributed by atoms with Crippen LogP contribution in [0.5, 0.6) is 5.88 Å². The summed E-state index contributed by atoms with van der Waals surface area (Å²) >= 11 is 5.98. The molecule has 9 heteroatoms. The Balaban J connectivity index is 1.68. The second kappa shape index (κ2) is 9.04. The Morgan fingerprint density at radius 3 is 2.55 bits per heavy atom. The number of carbonyl (C=O) groups is 1. The molecule has 1 saturated heterocycles. The Morgan fingerprint density at radius 2 is 1.90 bits per heavy atom. The van der Waals surface area contributed by atoms with Crippen LogP contribution in [0.1, 0.15) is 30.9 Å². The van der Waals surface area contributed by atoms with Crippen molar-refractivity contribution in [1.82, 2.24) is 15.2 Å². The molecule has 168 valence electrons. The molecule has 3 rings (SSSR count). The minimum atomic E-state index is -4.59. The van der Waals surface area contributed by atoms with Gasteiger partial charge in [-0.1, -0.05) is 23.7 Å². The SMILES string of the molecule is CN1C[C@@H](NC(=O)C(C)(C)COc2ncccc2C(F)(F)F)[C@H](c2ccc(Cl)cc2)C1. The molecule has 1 aromatic carbocycles. The fourth-order valence-electron chi connectivity index (χ4n) is 3.59. The molecule has 0 saturated carbocycles. The average Bonchev–Trinajstić information content (AvgIpc) is 3.06. The average molecular weight is 456 g/mol. The van der Waals surface area contributed by atoms with Crippen molar-refractivity contribution in [2.75, 3.05) is 26.7 Å². The lowest BCUT2D eigenvalue weighted by Gasteiger charge is -2.28. The van der Waals surface area contributed by atoms with Crippen molar-refractivity contribution in [3.63, 3.8) is 0 Å². The largest absolute Gasteiger partial charge is 0.476 e. The zero-order valence-corrected chi connectivity index (χ0v) is 18.3. The van der Waals surface area contributed by atoms with Crippen LogP contribution in [-0.2, 0) is 11.0 Å². The lowest BCUT2D eigenvalue weighted by molar-refractivity contribution is -0.139. The van der Waals surface area contributed by atoms with Crippen molar-refractivity contribution in [2.24, 2.45) is 5.41 Å². The summed E-state index contributed by atoms with van der Waals surface area (Å²) in [4.78, 5) is 18.8. The molecule has 1 N–H and O–H groups in total. The van der Waals surface area contributed by atoms with Crippen LogP contribution < -0.4 is 10.1 Å². The highest BCUT2D eigenvalue weighted by Crippen LogP contribution is 2.35. The molecule has 2 heterocycles. The van der Waals surface area contributed by atoms with Gasteiger partial charge in [-0.3, -0.25) is 4.79 Å². The number of aromatic nitrogens is 1. The Bertz CT molecular complexity index is 919. The fourth-order valence-corrected chi connectivity index (χ4v) is 3.72. The molecule has 5 nitrogen and oxygen atoms in total. The van der Waals surface area contributed by atoms with Gasteiger partial charge in [0.15, 0.2) is 0 Å². The predicted molar refractivity (Wildman–Crippen MR) is 112 cm³/mol. The zero-order chi connectivity index (χ0) is 22.8. The summed E-state index contributed by atoms with van der Waals surface area (Å²) in [6, 6.07) is 9.48. The van der Waals surface area contributed by atoms with Crippen LogP contribution in [-0.4, -0.2) is 48.6 Å². The number of hydrogen-bond donors (Lipinski definition) is 1. The Morgan fingerprint density at radius 1 is 1.23 bits per heavy atom. The molecule has 2 atom stereocenters. The Kier molecular flexibility index (Phi) is 6.81. The molecule has 0 unspecified atom stereocenters. The van der Waals surface area contributed by atoms with Crippen molar-refractivity contribution in [3.8, 4) is 5.88 Å². The van der Waals surface area contributed by atoms with Gasteiger partial charge in [-0.25, -0.2) is 4.98 Å². The van der Waals surface area contributed by atoms with E-state index in [4.69, 9.17) is 16.3 Å². The van der Waals surface area contributed by atoms with E-state index in [1.54, 1.807) is 13.8 Å². The number of hydrogen-bond acceptors (Lipinski definition) is 4. The summed E-state index contributed by atoms with van der Waals surface area (Å²) in [6.45, 7) is 4.46. The fraction of sp³-hybridized carbons (Fsp3) is 0.455. The van der Waals surface area contributed by atoms with Crippen LogP contribution in [0.25, 0.3) is 0 Å². The zero-order valence-electron chi connectivity index (χ0n) is 17.5. The van der Waals surface area contributed by atoms with Gasteiger partial charge in [0, 0.05) is 36.3 Å². The van der Waals surface area contributed by atoms with Gasteiger partial charge in [0.1, 0.15) is 12.2 Å². The number of ether oxygens (including phenoxy) is 1. The Hall–Kier alpha value is -2.32. The molecular formula is C22H25ClF3N3O2. The van der Waals surface area contributed by atoms with Crippen molar-refractivity contribution in [1.29, 1.82) is 0 Å². The number of likely N-dealkylation sites (tertiary alicyclic amines) is 1. The number of halogens is 4. The topological polar surface area (TPSA) is 54.5 Å². The van der Waals surface area contributed by atoms with E-state index in [0.717, 1.165) is 18.2 Å². The quantitative estimate of drug-likeness (QED) is 0.702. The molecule has 1 aliphatic heterocycles. The van der Waals surface area contributed by atoms with Gasteiger partial charge in [-0.15, -0.1) is 0 Å². The van der Waals surface area contributed by atoms with Gasteiger partial charge >= 0.3 is 6.18 Å². The standard InChI is InChI=1S/C22H25ClF3N3O2/c1-21(2,13-31-19-17(22(24,25)26)5-4-10-27-19)20(30)28-18-12-29(3)11-16(18)14-6-8-15(23)9-7-14/h4-10,16,18H,11-13H2,1-3H3,(H,28,30)/t16-,18+/m0/s1. The van der Waals surface area contributed by atoms with E-state index in [2.05, 4.69) is 15.2 Å². The van der Waals surface area contributed by atoms with Gasteiger partial charge in [0.25, 0.3) is 0 Å². The third kappa shape index (κ3) is 5.68. The number of carbonyl (C=O) groups excluding carboxylic acids is 1. The van der Waals surface area contributed by atoms with E-state index in [-0.39, 0.29) is 24.5 Å². The van der Waals surface area contributed by atoms with Crippen molar-refractivity contribution in [3.05, 3.63) is 58.7 Å². The highest BCUT2D eigenvalue weighted by atomic mass is 35.5. The van der Waals surface area contributed by atoms with Crippen molar-refractivity contribution < 1.29 is 22.7 Å². The van der Waals surface area contributed by atoms with Crippen LogP contribution in [0, 0.1) is 5.41 Å². The summed E-state index contributed by atoms with van der Waals surface area (Å²) in [5, 5.41) is 3.70. The molecule has 0 radical (unpaired) electrons. The molecule has 0 bridgehead atoms. The Labute approximate surface area is 184 Å². The first-order chi connectivity index (χ1) is 14.5. The number of nitrogens with one attached hydrogen (secondary N) is 1. The lowest BCUT2D eigenvalue weighted by Crippen LogP contribution is -2.48. The van der Waals surface area contributed by atoms with Crippen LogP contribution in [0.3, 0.4) is 0 Å². The molecule has 1 aromatic heterocycles. The number of nitrogens with zero attached hydrogens (tertiary/aromatic N) is 2. The molecule has 1 aliphatic rings. The maximum Gasteiger partial charge on any atom is 0.421 e. The maximum atomic E-state index is 13.2. The number of pyridine rings is 1. The molecule has 31 heavy (non-hydrogen) atoms. The van der Waals surface area contributed by atoms with Crippen LogP contribution >= 0.6 is 11.6 Å². The molecular weight excluding hydrogens is 431 g/mol.